The molecule has 120 valence electrons. The Morgan fingerprint density at radius 3 is 2.24 bits per heavy atom. The van der Waals surface area contributed by atoms with Crippen LogP contribution in [0.5, 0.6) is 11.5 Å². The summed E-state index contributed by atoms with van der Waals surface area (Å²) in [6.07, 6.45) is 7.64. The Morgan fingerprint density at radius 1 is 1.05 bits per heavy atom. The summed E-state index contributed by atoms with van der Waals surface area (Å²) in [6.45, 7) is 2.25. The molecule has 1 aromatic carbocycles. The second-order valence-electron chi connectivity index (χ2n) is 5.27. The van der Waals surface area contributed by atoms with Crippen LogP contribution in [-0.2, 0) is 0 Å². The summed E-state index contributed by atoms with van der Waals surface area (Å²) < 4.78 is 11.8. The van der Waals surface area contributed by atoms with Gasteiger partial charge >= 0.3 is 0 Å². The van der Waals surface area contributed by atoms with Crippen molar-refractivity contribution in [1.29, 1.82) is 0 Å². The quantitative estimate of drug-likeness (QED) is 0.591. The highest BCUT2D eigenvalue weighted by molar-refractivity contribution is 9.10. The minimum Gasteiger partial charge on any atom is -0.493 e. The molecule has 4 heteroatoms. The van der Waals surface area contributed by atoms with Crippen LogP contribution in [-0.4, -0.2) is 21.3 Å². The van der Waals surface area contributed by atoms with E-state index in [-0.39, 0.29) is 0 Å². The normalized spacial score (nSPS) is 12.2. The highest BCUT2D eigenvalue weighted by atomic mass is 79.9. The molecular formula is C17H28BrNO2. The van der Waals surface area contributed by atoms with E-state index in [1.165, 1.54) is 37.7 Å². The Labute approximate surface area is 137 Å². The zero-order valence-electron chi connectivity index (χ0n) is 13.7. The van der Waals surface area contributed by atoms with E-state index < -0.39 is 0 Å². The van der Waals surface area contributed by atoms with Gasteiger partial charge in [0.15, 0.2) is 11.5 Å². The van der Waals surface area contributed by atoms with E-state index in [4.69, 9.17) is 9.47 Å². The molecule has 0 spiro atoms. The molecule has 0 aromatic heterocycles. The monoisotopic (exact) mass is 357 g/mol. The lowest BCUT2D eigenvalue weighted by Gasteiger charge is -2.20. The Morgan fingerprint density at radius 2 is 1.67 bits per heavy atom. The number of benzene rings is 1. The minimum atomic E-state index is 0.334. The smallest absolute Gasteiger partial charge is 0.161 e. The minimum absolute atomic E-state index is 0.334. The van der Waals surface area contributed by atoms with Crippen molar-refractivity contribution < 1.29 is 9.47 Å². The van der Waals surface area contributed by atoms with Crippen LogP contribution in [0.1, 0.15) is 57.1 Å². The first kappa shape index (κ1) is 18.3. The van der Waals surface area contributed by atoms with E-state index in [2.05, 4.69) is 34.2 Å². The molecule has 21 heavy (non-hydrogen) atoms. The van der Waals surface area contributed by atoms with Gasteiger partial charge in [-0.2, -0.15) is 0 Å². The lowest BCUT2D eigenvalue weighted by atomic mass is 9.99. The lowest BCUT2D eigenvalue weighted by Crippen LogP contribution is -2.17. The Bertz CT molecular complexity index is 423. The maximum absolute atomic E-state index is 5.41. The first-order valence-electron chi connectivity index (χ1n) is 7.76. The van der Waals surface area contributed by atoms with Gasteiger partial charge in [0.25, 0.3) is 0 Å². The summed E-state index contributed by atoms with van der Waals surface area (Å²) in [6, 6.07) is 4.38. The number of methoxy groups -OCH3 is 2. The molecule has 0 saturated heterocycles. The third-order valence-electron chi connectivity index (χ3n) is 3.82. The standard InChI is InChI=1S/C17H28BrNO2/c1-5-6-7-8-9-10-15(19-2)13-11-16(20-3)17(21-4)12-14(13)18/h11-12,15,19H,5-10H2,1-4H3. The second kappa shape index (κ2) is 10.1. The van der Waals surface area contributed by atoms with Crippen LogP contribution in [0.3, 0.4) is 0 Å². The molecule has 0 aliphatic carbocycles. The summed E-state index contributed by atoms with van der Waals surface area (Å²) in [5.41, 5.74) is 1.23. The van der Waals surface area contributed by atoms with Gasteiger partial charge in [-0.15, -0.1) is 0 Å². The summed E-state index contributed by atoms with van der Waals surface area (Å²) in [4.78, 5) is 0. The molecule has 3 nitrogen and oxygen atoms in total. The van der Waals surface area contributed by atoms with Crippen LogP contribution in [0.2, 0.25) is 0 Å². The zero-order valence-corrected chi connectivity index (χ0v) is 15.3. The molecule has 1 atom stereocenters. The van der Waals surface area contributed by atoms with Gasteiger partial charge in [-0.3, -0.25) is 0 Å². The molecule has 1 aromatic rings. The highest BCUT2D eigenvalue weighted by Gasteiger charge is 2.16. The molecule has 0 heterocycles. The first-order chi connectivity index (χ1) is 10.2. The van der Waals surface area contributed by atoms with Gasteiger partial charge in [-0.05, 0) is 31.2 Å². The third kappa shape index (κ3) is 5.51. The maximum atomic E-state index is 5.41. The molecule has 0 amide bonds. The average molecular weight is 358 g/mol. The Kier molecular flexibility index (Phi) is 8.77. The number of ether oxygens (including phenoxy) is 2. The summed E-state index contributed by atoms with van der Waals surface area (Å²) in [5, 5.41) is 3.41. The maximum Gasteiger partial charge on any atom is 0.161 e. The van der Waals surface area contributed by atoms with Crippen molar-refractivity contribution in [2.24, 2.45) is 0 Å². The van der Waals surface area contributed by atoms with Gasteiger partial charge in [0.2, 0.25) is 0 Å². The SMILES string of the molecule is CCCCCCCC(NC)c1cc(OC)c(OC)cc1Br. The van der Waals surface area contributed by atoms with Crippen molar-refractivity contribution in [3.05, 3.63) is 22.2 Å². The van der Waals surface area contributed by atoms with Crippen molar-refractivity contribution >= 4 is 15.9 Å². The molecule has 0 fully saturated rings. The molecule has 1 N–H and O–H groups in total. The molecule has 0 bridgehead atoms. The first-order valence-corrected chi connectivity index (χ1v) is 8.55. The highest BCUT2D eigenvalue weighted by Crippen LogP contribution is 2.37. The number of rotatable bonds is 10. The molecular weight excluding hydrogens is 330 g/mol. The van der Waals surface area contributed by atoms with E-state index in [9.17, 15) is 0 Å². The van der Waals surface area contributed by atoms with Crippen molar-refractivity contribution in [1.82, 2.24) is 5.32 Å². The summed E-state index contributed by atoms with van der Waals surface area (Å²) in [5.74, 6) is 1.54. The van der Waals surface area contributed by atoms with Gasteiger partial charge in [0.05, 0.1) is 14.2 Å². The van der Waals surface area contributed by atoms with Crippen molar-refractivity contribution in [2.75, 3.05) is 21.3 Å². The number of unbranched alkanes of at least 4 members (excludes halogenated alkanes) is 4. The molecule has 0 radical (unpaired) electrons. The molecule has 0 saturated carbocycles. The number of halogens is 1. The van der Waals surface area contributed by atoms with Crippen LogP contribution in [0.15, 0.2) is 16.6 Å². The third-order valence-corrected chi connectivity index (χ3v) is 4.51. The largest absolute Gasteiger partial charge is 0.493 e. The van der Waals surface area contributed by atoms with Gasteiger partial charge in [0, 0.05) is 10.5 Å². The van der Waals surface area contributed by atoms with Crippen LogP contribution in [0.25, 0.3) is 0 Å². The van der Waals surface area contributed by atoms with Gasteiger partial charge in [0.1, 0.15) is 0 Å². The summed E-state index contributed by atoms with van der Waals surface area (Å²) in [7, 11) is 5.35. The lowest BCUT2D eigenvalue weighted by molar-refractivity contribution is 0.353. The van der Waals surface area contributed by atoms with Crippen molar-refractivity contribution in [3.8, 4) is 11.5 Å². The fraction of sp³-hybridized carbons (Fsp3) is 0.647. The van der Waals surface area contributed by atoms with Gasteiger partial charge in [-0.1, -0.05) is 55.0 Å². The van der Waals surface area contributed by atoms with Gasteiger partial charge in [-0.25, -0.2) is 0 Å². The van der Waals surface area contributed by atoms with E-state index in [0.717, 1.165) is 22.4 Å². The van der Waals surface area contributed by atoms with E-state index in [1.807, 2.05) is 13.1 Å². The molecule has 0 aliphatic rings. The van der Waals surface area contributed by atoms with Crippen molar-refractivity contribution in [3.63, 3.8) is 0 Å². The van der Waals surface area contributed by atoms with Crippen molar-refractivity contribution in [2.45, 2.75) is 51.5 Å². The zero-order chi connectivity index (χ0) is 15.7. The molecule has 1 unspecified atom stereocenters. The van der Waals surface area contributed by atoms with Gasteiger partial charge < -0.3 is 14.8 Å². The summed E-state index contributed by atoms with van der Waals surface area (Å²) >= 11 is 3.65. The van der Waals surface area contributed by atoms with E-state index in [1.54, 1.807) is 14.2 Å². The number of hydrogen-bond donors (Lipinski definition) is 1. The second-order valence-corrected chi connectivity index (χ2v) is 6.13. The number of hydrogen-bond acceptors (Lipinski definition) is 3. The Balaban J connectivity index is 2.75. The topological polar surface area (TPSA) is 30.5 Å². The average Bonchev–Trinajstić information content (AvgIpc) is 2.51. The van der Waals surface area contributed by atoms with Crippen LogP contribution >= 0.6 is 15.9 Å². The predicted molar refractivity (Wildman–Crippen MR) is 92.4 cm³/mol. The van der Waals surface area contributed by atoms with Crippen LogP contribution in [0, 0.1) is 0 Å². The van der Waals surface area contributed by atoms with E-state index >= 15 is 0 Å². The predicted octanol–water partition coefficient (Wildman–Crippen LogP) is 5.09. The fourth-order valence-corrected chi connectivity index (χ4v) is 3.14. The van der Waals surface area contributed by atoms with E-state index in [0.29, 0.717) is 6.04 Å². The molecule has 1 rings (SSSR count). The van der Waals surface area contributed by atoms with Crippen LogP contribution in [0.4, 0.5) is 0 Å². The fourth-order valence-electron chi connectivity index (χ4n) is 2.54. The molecule has 0 aliphatic heterocycles. The van der Waals surface area contributed by atoms with Crippen LogP contribution < -0.4 is 14.8 Å². The number of nitrogens with one attached hydrogen (secondary N) is 1. The Hall–Kier alpha value is -0.740.